The molecule has 0 radical (unpaired) electrons. The first-order valence-electron chi connectivity index (χ1n) is 6.94. The second-order valence-electron chi connectivity index (χ2n) is 5.22. The van der Waals surface area contributed by atoms with Gasteiger partial charge in [-0.3, -0.25) is 4.79 Å². The molecule has 2 rings (SSSR count). The van der Waals surface area contributed by atoms with E-state index in [0.717, 1.165) is 32.2 Å². The zero-order valence-electron chi connectivity index (χ0n) is 11.3. The molecule has 1 aromatic heterocycles. The summed E-state index contributed by atoms with van der Waals surface area (Å²) in [6.45, 7) is 2.54. The standard InChI is InChI=1S/C14H21N3O2/c1-11(18)9-13-5-3-2-4-8-17(13)14(19)12-6-7-15-16-10-12/h6-7,10-11,13,18H,2-5,8-9H2,1H3. The Kier molecular flexibility index (Phi) is 4.85. The Bertz CT molecular complexity index is 408. The summed E-state index contributed by atoms with van der Waals surface area (Å²) < 4.78 is 0. The molecule has 0 aromatic carbocycles. The average Bonchev–Trinajstić information content (AvgIpc) is 2.64. The van der Waals surface area contributed by atoms with E-state index in [1.54, 1.807) is 13.0 Å². The molecule has 1 aliphatic rings. The number of aromatic nitrogens is 2. The Morgan fingerprint density at radius 3 is 3.00 bits per heavy atom. The molecule has 0 saturated carbocycles. The van der Waals surface area contributed by atoms with E-state index >= 15 is 0 Å². The second-order valence-corrected chi connectivity index (χ2v) is 5.22. The summed E-state index contributed by atoms with van der Waals surface area (Å²) in [5.41, 5.74) is 0.576. The monoisotopic (exact) mass is 263 g/mol. The molecule has 0 aliphatic carbocycles. The molecule has 1 fully saturated rings. The smallest absolute Gasteiger partial charge is 0.255 e. The fourth-order valence-electron chi connectivity index (χ4n) is 2.67. The van der Waals surface area contributed by atoms with Gasteiger partial charge in [0.25, 0.3) is 5.91 Å². The first-order chi connectivity index (χ1) is 9.18. The Balaban J connectivity index is 2.15. The molecular weight excluding hydrogens is 242 g/mol. The summed E-state index contributed by atoms with van der Waals surface area (Å²) in [7, 11) is 0. The molecule has 2 unspecified atom stereocenters. The van der Waals surface area contributed by atoms with Gasteiger partial charge in [-0.2, -0.15) is 10.2 Å². The maximum atomic E-state index is 12.5. The molecule has 1 N–H and O–H groups in total. The van der Waals surface area contributed by atoms with Gasteiger partial charge in [0, 0.05) is 12.6 Å². The third kappa shape index (κ3) is 3.73. The second kappa shape index (κ2) is 6.61. The van der Waals surface area contributed by atoms with E-state index in [2.05, 4.69) is 10.2 Å². The minimum Gasteiger partial charge on any atom is -0.393 e. The van der Waals surface area contributed by atoms with Crippen molar-refractivity contribution in [3.8, 4) is 0 Å². The van der Waals surface area contributed by atoms with Crippen LogP contribution in [-0.2, 0) is 0 Å². The zero-order valence-corrected chi connectivity index (χ0v) is 11.3. The Morgan fingerprint density at radius 1 is 1.47 bits per heavy atom. The summed E-state index contributed by atoms with van der Waals surface area (Å²) in [6, 6.07) is 1.82. The van der Waals surface area contributed by atoms with Gasteiger partial charge >= 0.3 is 0 Å². The van der Waals surface area contributed by atoms with Crippen molar-refractivity contribution in [2.24, 2.45) is 0 Å². The van der Waals surface area contributed by atoms with E-state index in [9.17, 15) is 9.90 Å². The van der Waals surface area contributed by atoms with Crippen LogP contribution in [0.1, 0.15) is 49.4 Å². The lowest BCUT2D eigenvalue weighted by atomic mass is 10.0. The van der Waals surface area contributed by atoms with Crippen molar-refractivity contribution >= 4 is 5.91 Å². The lowest BCUT2D eigenvalue weighted by Gasteiger charge is -2.31. The lowest BCUT2D eigenvalue weighted by Crippen LogP contribution is -2.41. The van der Waals surface area contributed by atoms with Gasteiger partial charge in [0.2, 0.25) is 0 Å². The first kappa shape index (κ1) is 13.9. The number of nitrogens with zero attached hydrogens (tertiary/aromatic N) is 3. The third-order valence-corrected chi connectivity index (χ3v) is 3.58. The van der Waals surface area contributed by atoms with E-state index in [0.29, 0.717) is 12.0 Å². The summed E-state index contributed by atoms with van der Waals surface area (Å²) in [4.78, 5) is 14.4. The molecule has 5 nitrogen and oxygen atoms in total. The maximum absolute atomic E-state index is 12.5. The fourth-order valence-corrected chi connectivity index (χ4v) is 2.67. The summed E-state index contributed by atoms with van der Waals surface area (Å²) in [5, 5.41) is 17.1. The molecule has 0 spiro atoms. The van der Waals surface area contributed by atoms with Crippen molar-refractivity contribution in [1.82, 2.24) is 15.1 Å². The number of aliphatic hydroxyl groups is 1. The van der Waals surface area contributed by atoms with Crippen molar-refractivity contribution in [3.05, 3.63) is 24.0 Å². The lowest BCUT2D eigenvalue weighted by molar-refractivity contribution is 0.0606. The van der Waals surface area contributed by atoms with E-state index in [1.807, 2.05) is 4.90 Å². The van der Waals surface area contributed by atoms with Crippen molar-refractivity contribution in [1.29, 1.82) is 0 Å². The number of hydrogen-bond donors (Lipinski definition) is 1. The Morgan fingerprint density at radius 2 is 2.32 bits per heavy atom. The highest BCUT2D eigenvalue weighted by Gasteiger charge is 2.27. The summed E-state index contributed by atoms with van der Waals surface area (Å²) >= 11 is 0. The van der Waals surface area contributed by atoms with Gasteiger partial charge in [0.05, 0.1) is 24.1 Å². The number of rotatable bonds is 3. The van der Waals surface area contributed by atoms with Crippen LogP contribution in [0.5, 0.6) is 0 Å². The predicted molar refractivity (Wildman–Crippen MR) is 71.6 cm³/mol. The van der Waals surface area contributed by atoms with Crippen LogP contribution >= 0.6 is 0 Å². The Labute approximate surface area is 113 Å². The van der Waals surface area contributed by atoms with Crippen LogP contribution in [0.3, 0.4) is 0 Å². The molecule has 0 bridgehead atoms. The summed E-state index contributed by atoms with van der Waals surface area (Å²) in [6.07, 6.45) is 7.57. The topological polar surface area (TPSA) is 66.3 Å². The van der Waals surface area contributed by atoms with E-state index in [-0.39, 0.29) is 18.1 Å². The van der Waals surface area contributed by atoms with Crippen LogP contribution in [0.4, 0.5) is 0 Å². The third-order valence-electron chi connectivity index (χ3n) is 3.58. The molecule has 1 saturated heterocycles. The first-order valence-corrected chi connectivity index (χ1v) is 6.94. The predicted octanol–water partition coefficient (Wildman–Crippen LogP) is 1.63. The van der Waals surface area contributed by atoms with Crippen LogP contribution in [0.2, 0.25) is 0 Å². The van der Waals surface area contributed by atoms with Crippen LogP contribution in [0.15, 0.2) is 18.5 Å². The molecule has 1 aliphatic heterocycles. The highest BCUT2D eigenvalue weighted by Crippen LogP contribution is 2.22. The quantitative estimate of drug-likeness (QED) is 0.900. The SMILES string of the molecule is CC(O)CC1CCCCCN1C(=O)c1ccnnc1. The Hall–Kier alpha value is -1.49. The normalized spacial score (nSPS) is 21.8. The minimum absolute atomic E-state index is 0.00227. The van der Waals surface area contributed by atoms with Gasteiger partial charge in [-0.15, -0.1) is 0 Å². The molecule has 5 heteroatoms. The number of aliphatic hydroxyl groups excluding tert-OH is 1. The molecule has 2 atom stereocenters. The number of carbonyl (C=O) groups excluding carboxylic acids is 1. The number of hydrogen-bond acceptors (Lipinski definition) is 4. The fraction of sp³-hybridized carbons (Fsp3) is 0.643. The van der Waals surface area contributed by atoms with Crippen LogP contribution in [-0.4, -0.2) is 44.8 Å². The highest BCUT2D eigenvalue weighted by atomic mass is 16.3. The van der Waals surface area contributed by atoms with E-state index in [4.69, 9.17) is 0 Å². The highest BCUT2D eigenvalue weighted by molar-refractivity contribution is 5.94. The molecular formula is C14H21N3O2. The number of amides is 1. The molecule has 19 heavy (non-hydrogen) atoms. The average molecular weight is 263 g/mol. The van der Waals surface area contributed by atoms with Crippen molar-refractivity contribution in [2.75, 3.05) is 6.54 Å². The largest absolute Gasteiger partial charge is 0.393 e. The summed E-state index contributed by atoms with van der Waals surface area (Å²) in [5.74, 6) is 0.00227. The maximum Gasteiger partial charge on any atom is 0.255 e. The molecule has 1 amide bonds. The van der Waals surface area contributed by atoms with Crippen molar-refractivity contribution < 1.29 is 9.90 Å². The van der Waals surface area contributed by atoms with Gasteiger partial charge in [-0.05, 0) is 32.3 Å². The number of likely N-dealkylation sites (tertiary alicyclic amines) is 1. The van der Waals surface area contributed by atoms with Gasteiger partial charge < -0.3 is 10.0 Å². The minimum atomic E-state index is -0.381. The molecule has 1 aromatic rings. The van der Waals surface area contributed by atoms with Gasteiger partial charge in [0.15, 0.2) is 0 Å². The van der Waals surface area contributed by atoms with Crippen molar-refractivity contribution in [2.45, 2.75) is 51.2 Å². The molecule has 104 valence electrons. The van der Waals surface area contributed by atoms with Crippen LogP contribution in [0, 0.1) is 0 Å². The van der Waals surface area contributed by atoms with Crippen LogP contribution < -0.4 is 0 Å². The number of carbonyl (C=O) groups is 1. The van der Waals surface area contributed by atoms with Gasteiger partial charge in [-0.1, -0.05) is 12.8 Å². The van der Waals surface area contributed by atoms with Gasteiger partial charge in [-0.25, -0.2) is 0 Å². The van der Waals surface area contributed by atoms with E-state index < -0.39 is 0 Å². The van der Waals surface area contributed by atoms with Crippen molar-refractivity contribution in [3.63, 3.8) is 0 Å². The zero-order chi connectivity index (χ0) is 13.7. The van der Waals surface area contributed by atoms with Crippen LogP contribution in [0.25, 0.3) is 0 Å². The van der Waals surface area contributed by atoms with E-state index in [1.165, 1.54) is 12.4 Å². The molecule has 2 heterocycles. The van der Waals surface area contributed by atoms with Gasteiger partial charge in [0.1, 0.15) is 0 Å².